The summed E-state index contributed by atoms with van der Waals surface area (Å²) in [4.78, 5) is 22.4. The molecule has 0 unspecified atom stereocenters. The molecular weight excluding hydrogens is 232 g/mol. The monoisotopic (exact) mass is 248 g/mol. The van der Waals surface area contributed by atoms with Crippen molar-refractivity contribution < 1.29 is 19.4 Å². The Balaban J connectivity index is 2.22. The van der Waals surface area contributed by atoms with Crippen LogP contribution < -0.4 is 0 Å². The molecule has 0 heterocycles. The van der Waals surface area contributed by atoms with Gasteiger partial charge in [0.2, 0.25) is 0 Å². The Hall–Kier alpha value is -1.84. The van der Waals surface area contributed by atoms with E-state index < -0.39 is 5.97 Å². The van der Waals surface area contributed by atoms with Gasteiger partial charge in [0.15, 0.2) is 0 Å². The van der Waals surface area contributed by atoms with Crippen molar-refractivity contribution in [2.45, 2.75) is 25.2 Å². The third-order valence-electron chi connectivity index (χ3n) is 3.37. The van der Waals surface area contributed by atoms with Crippen LogP contribution in [0.3, 0.4) is 0 Å². The molecule has 1 fully saturated rings. The molecule has 4 heteroatoms. The van der Waals surface area contributed by atoms with Crippen LogP contribution in [0.4, 0.5) is 0 Å². The van der Waals surface area contributed by atoms with E-state index in [1.54, 1.807) is 18.2 Å². The van der Waals surface area contributed by atoms with E-state index in [0.29, 0.717) is 12.3 Å². The summed E-state index contributed by atoms with van der Waals surface area (Å²) in [6, 6.07) is 6.84. The maximum Gasteiger partial charge on any atom is 0.335 e. The molecule has 1 atom stereocenters. The molecule has 4 nitrogen and oxygen atoms in total. The molecule has 1 aliphatic carbocycles. The highest BCUT2D eigenvalue weighted by Gasteiger charge is 2.34. The van der Waals surface area contributed by atoms with Crippen molar-refractivity contribution in [1.82, 2.24) is 0 Å². The van der Waals surface area contributed by atoms with E-state index in [-0.39, 0.29) is 17.5 Å². The zero-order valence-electron chi connectivity index (χ0n) is 10.3. The van der Waals surface area contributed by atoms with Gasteiger partial charge in [-0.3, -0.25) is 4.79 Å². The van der Waals surface area contributed by atoms with Gasteiger partial charge in [0, 0.05) is 0 Å². The molecule has 1 saturated carbocycles. The van der Waals surface area contributed by atoms with E-state index in [9.17, 15) is 9.59 Å². The fourth-order valence-electron chi connectivity index (χ4n) is 2.22. The Morgan fingerprint density at radius 3 is 2.72 bits per heavy atom. The number of aromatic carboxylic acids is 1. The van der Waals surface area contributed by atoms with Crippen molar-refractivity contribution in [3.8, 4) is 0 Å². The lowest BCUT2D eigenvalue weighted by atomic mass is 9.90. The van der Waals surface area contributed by atoms with E-state index in [1.165, 1.54) is 7.11 Å². The van der Waals surface area contributed by atoms with Crippen LogP contribution in [0.5, 0.6) is 0 Å². The summed E-state index contributed by atoms with van der Waals surface area (Å²) in [7, 11) is 1.37. The summed E-state index contributed by atoms with van der Waals surface area (Å²) >= 11 is 0. The molecule has 0 radical (unpaired) electrons. The molecular formula is C14H16O4. The minimum absolute atomic E-state index is 0.0803. The van der Waals surface area contributed by atoms with Gasteiger partial charge in [-0.05, 0) is 42.4 Å². The summed E-state index contributed by atoms with van der Waals surface area (Å²) in [5.74, 6) is -0.623. The summed E-state index contributed by atoms with van der Waals surface area (Å²) in [5.41, 5.74) is 1.19. The van der Waals surface area contributed by atoms with Gasteiger partial charge in [-0.1, -0.05) is 12.1 Å². The van der Waals surface area contributed by atoms with E-state index in [1.807, 2.05) is 6.07 Å². The lowest BCUT2D eigenvalue weighted by molar-refractivity contribution is -0.141. The summed E-state index contributed by atoms with van der Waals surface area (Å²) in [5, 5.41) is 8.98. The highest BCUT2D eigenvalue weighted by Crippen LogP contribution is 2.44. The van der Waals surface area contributed by atoms with Crippen LogP contribution in [0.15, 0.2) is 24.3 Å². The molecule has 0 bridgehead atoms. The number of carbonyl (C=O) groups is 2. The van der Waals surface area contributed by atoms with Crippen LogP contribution in [-0.4, -0.2) is 24.2 Å². The van der Waals surface area contributed by atoms with Gasteiger partial charge in [0.25, 0.3) is 0 Å². The average Bonchev–Trinajstić information content (AvgIpc) is 3.20. The van der Waals surface area contributed by atoms with Gasteiger partial charge in [0.1, 0.15) is 0 Å². The molecule has 18 heavy (non-hydrogen) atoms. The number of carboxylic acids is 1. The Kier molecular flexibility index (Phi) is 3.65. The number of ether oxygens (including phenoxy) is 1. The van der Waals surface area contributed by atoms with Crippen LogP contribution in [-0.2, 0) is 9.53 Å². The Morgan fingerprint density at radius 2 is 2.17 bits per heavy atom. The van der Waals surface area contributed by atoms with Gasteiger partial charge in [-0.15, -0.1) is 0 Å². The summed E-state index contributed by atoms with van der Waals surface area (Å²) in [6.45, 7) is 0. The van der Waals surface area contributed by atoms with Gasteiger partial charge < -0.3 is 9.84 Å². The molecule has 1 aromatic carbocycles. The third-order valence-corrected chi connectivity index (χ3v) is 3.37. The highest BCUT2D eigenvalue weighted by atomic mass is 16.5. The van der Waals surface area contributed by atoms with Gasteiger partial charge in [0.05, 0.1) is 19.1 Å². The number of carboxylic acid groups (broad SMARTS) is 1. The minimum Gasteiger partial charge on any atom is -0.478 e. The Labute approximate surface area is 106 Å². The number of methoxy groups -OCH3 is 1. The van der Waals surface area contributed by atoms with Crippen molar-refractivity contribution in [3.05, 3.63) is 35.4 Å². The van der Waals surface area contributed by atoms with Crippen molar-refractivity contribution in [2.24, 2.45) is 5.92 Å². The molecule has 1 aromatic rings. The number of hydrogen-bond acceptors (Lipinski definition) is 3. The highest BCUT2D eigenvalue weighted by molar-refractivity contribution is 5.87. The molecule has 96 valence electrons. The second kappa shape index (κ2) is 5.21. The summed E-state index contributed by atoms with van der Waals surface area (Å²) in [6.07, 6.45) is 2.52. The zero-order chi connectivity index (χ0) is 13.1. The van der Waals surface area contributed by atoms with Crippen LogP contribution in [0.25, 0.3) is 0 Å². The molecule has 0 amide bonds. The predicted octanol–water partition coefficient (Wildman–Crippen LogP) is 2.44. The molecule has 0 aliphatic heterocycles. The zero-order valence-corrected chi connectivity index (χ0v) is 10.3. The van der Waals surface area contributed by atoms with E-state index >= 15 is 0 Å². The van der Waals surface area contributed by atoms with E-state index in [4.69, 9.17) is 9.84 Å². The lowest BCUT2D eigenvalue weighted by Gasteiger charge is -2.15. The number of hydrogen-bond donors (Lipinski definition) is 1. The van der Waals surface area contributed by atoms with Gasteiger partial charge in [-0.25, -0.2) is 4.79 Å². The molecule has 1 aliphatic rings. The van der Waals surface area contributed by atoms with Crippen LogP contribution in [0.2, 0.25) is 0 Å². The molecule has 0 saturated heterocycles. The number of rotatable bonds is 5. The minimum atomic E-state index is -0.940. The van der Waals surface area contributed by atoms with E-state index in [2.05, 4.69) is 0 Å². The molecule has 0 spiro atoms. The molecule has 1 N–H and O–H groups in total. The first-order valence-corrected chi connectivity index (χ1v) is 6.02. The van der Waals surface area contributed by atoms with Gasteiger partial charge >= 0.3 is 11.9 Å². The largest absolute Gasteiger partial charge is 0.478 e. The van der Waals surface area contributed by atoms with Crippen molar-refractivity contribution in [2.75, 3.05) is 7.11 Å². The Morgan fingerprint density at radius 1 is 1.44 bits per heavy atom. The van der Waals surface area contributed by atoms with Crippen LogP contribution in [0.1, 0.15) is 41.1 Å². The first kappa shape index (κ1) is 12.6. The second-order valence-corrected chi connectivity index (χ2v) is 4.65. The number of esters is 1. The van der Waals surface area contributed by atoms with Crippen LogP contribution in [0, 0.1) is 5.92 Å². The molecule has 0 aromatic heterocycles. The number of carbonyl (C=O) groups excluding carboxylic acids is 1. The average molecular weight is 248 g/mol. The quantitative estimate of drug-likeness (QED) is 0.813. The van der Waals surface area contributed by atoms with Gasteiger partial charge in [-0.2, -0.15) is 0 Å². The number of benzene rings is 1. The standard InChI is InChI=1S/C14H16O4/c1-18-13(15)8-12(9-5-6-9)10-3-2-4-11(7-10)14(16)17/h2-4,7,9,12H,5-6,8H2,1H3,(H,16,17)/t12-/m0/s1. The Bertz CT molecular complexity index is 463. The second-order valence-electron chi connectivity index (χ2n) is 4.65. The maximum atomic E-state index is 11.4. The predicted molar refractivity (Wildman–Crippen MR) is 65.5 cm³/mol. The normalized spacial score (nSPS) is 16.1. The SMILES string of the molecule is COC(=O)C[C@H](c1cccc(C(=O)O)c1)C1CC1. The smallest absolute Gasteiger partial charge is 0.335 e. The first-order chi connectivity index (χ1) is 8.61. The maximum absolute atomic E-state index is 11.4. The first-order valence-electron chi connectivity index (χ1n) is 6.02. The lowest BCUT2D eigenvalue weighted by Crippen LogP contribution is -2.11. The fraction of sp³-hybridized carbons (Fsp3) is 0.429. The van der Waals surface area contributed by atoms with E-state index in [0.717, 1.165) is 18.4 Å². The van der Waals surface area contributed by atoms with Crippen LogP contribution >= 0.6 is 0 Å². The topological polar surface area (TPSA) is 63.6 Å². The fourth-order valence-corrected chi connectivity index (χ4v) is 2.22. The van der Waals surface area contributed by atoms with Crippen molar-refractivity contribution in [3.63, 3.8) is 0 Å². The van der Waals surface area contributed by atoms with Crippen molar-refractivity contribution >= 4 is 11.9 Å². The summed E-state index contributed by atoms with van der Waals surface area (Å²) < 4.78 is 4.70. The third kappa shape index (κ3) is 2.88. The molecule has 2 rings (SSSR count). The van der Waals surface area contributed by atoms with Crippen molar-refractivity contribution in [1.29, 1.82) is 0 Å².